The predicted octanol–water partition coefficient (Wildman–Crippen LogP) is 3.47. The average Bonchev–Trinajstić information content (AvgIpc) is 2.99. The molecule has 0 spiro atoms. The van der Waals surface area contributed by atoms with Crippen LogP contribution in [0, 0.1) is 5.92 Å². The third-order valence-electron chi connectivity index (χ3n) is 4.95. The van der Waals surface area contributed by atoms with Crippen LogP contribution in [-0.2, 0) is 9.59 Å². The van der Waals surface area contributed by atoms with E-state index >= 15 is 0 Å². The molecule has 2 aliphatic rings. The Labute approximate surface area is 158 Å². The zero-order valence-electron chi connectivity index (χ0n) is 14.9. The summed E-state index contributed by atoms with van der Waals surface area (Å²) in [6.07, 6.45) is 6.36. The summed E-state index contributed by atoms with van der Waals surface area (Å²) in [7, 11) is 0. The highest BCUT2D eigenvalue weighted by Crippen LogP contribution is 2.41. The van der Waals surface area contributed by atoms with Gasteiger partial charge in [0.05, 0.1) is 17.8 Å². The van der Waals surface area contributed by atoms with Gasteiger partial charge in [0.1, 0.15) is 0 Å². The van der Waals surface area contributed by atoms with E-state index in [1.807, 2.05) is 24.3 Å². The molecule has 1 aliphatic heterocycles. The molecule has 1 aromatic carbocycles. The van der Waals surface area contributed by atoms with E-state index in [-0.39, 0.29) is 18.2 Å². The van der Waals surface area contributed by atoms with E-state index in [4.69, 9.17) is 0 Å². The number of fused-ring (bicyclic) bond motifs is 1. The van der Waals surface area contributed by atoms with Crippen molar-refractivity contribution in [1.29, 1.82) is 0 Å². The van der Waals surface area contributed by atoms with Crippen molar-refractivity contribution < 1.29 is 14.7 Å². The molecule has 3 rings (SSSR count). The minimum atomic E-state index is -0.851. The van der Waals surface area contributed by atoms with Crippen LogP contribution in [0.15, 0.2) is 24.3 Å². The Morgan fingerprint density at radius 1 is 1.15 bits per heavy atom. The fourth-order valence-electron chi connectivity index (χ4n) is 3.63. The number of amides is 1. The lowest BCUT2D eigenvalue weighted by atomic mass is 9.89. The number of anilines is 2. The maximum absolute atomic E-state index is 12.2. The zero-order chi connectivity index (χ0) is 18.4. The van der Waals surface area contributed by atoms with E-state index in [9.17, 15) is 14.7 Å². The summed E-state index contributed by atoms with van der Waals surface area (Å²) >= 11 is 1.55. The molecule has 1 aromatic rings. The first kappa shape index (κ1) is 18.9. The van der Waals surface area contributed by atoms with Crippen LogP contribution in [0.1, 0.15) is 44.9 Å². The van der Waals surface area contributed by atoms with E-state index in [0.29, 0.717) is 6.54 Å². The molecule has 0 radical (unpaired) electrons. The molecule has 26 heavy (non-hydrogen) atoms. The van der Waals surface area contributed by atoms with Crippen LogP contribution < -0.4 is 16.0 Å². The molecule has 0 aromatic heterocycles. The van der Waals surface area contributed by atoms with Crippen LogP contribution in [-0.4, -0.2) is 34.3 Å². The monoisotopic (exact) mass is 377 g/mol. The van der Waals surface area contributed by atoms with Crippen molar-refractivity contribution in [2.45, 2.75) is 49.9 Å². The minimum Gasteiger partial charge on any atom is -0.481 e. The number of hydrogen-bond acceptors (Lipinski definition) is 5. The number of aliphatic carboxylic acids is 1. The molecule has 6 nitrogen and oxygen atoms in total. The number of nitrogens with one attached hydrogen (secondary N) is 3. The molecule has 7 heteroatoms. The molecular weight excluding hydrogens is 350 g/mol. The highest BCUT2D eigenvalue weighted by molar-refractivity contribution is 8.00. The van der Waals surface area contributed by atoms with Crippen LogP contribution in [0.25, 0.3) is 0 Å². The molecule has 0 saturated heterocycles. The maximum Gasteiger partial charge on any atom is 0.308 e. The molecule has 0 atom stereocenters. The topological polar surface area (TPSA) is 90.5 Å². The van der Waals surface area contributed by atoms with Crippen molar-refractivity contribution in [3.8, 4) is 0 Å². The second-order valence-electron chi connectivity index (χ2n) is 7.02. The average molecular weight is 378 g/mol. The quantitative estimate of drug-likeness (QED) is 0.519. The Morgan fingerprint density at radius 3 is 2.42 bits per heavy atom. The highest BCUT2D eigenvalue weighted by Gasteiger charge is 2.38. The maximum atomic E-state index is 12.2. The first-order chi connectivity index (χ1) is 12.6. The van der Waals surface area contributed by atoms with Gasteiger partial charge >= 0.3 is 5.97 Å². The van der Waals surface area contributed by atoms with Crippen LogP contribution in [0.5, 0.6) is 0 Å². The Balaban J connectivity index is 1.44. The molecule has 1 heterocycles. The van der Waals surface area contributed by atoms with Gasteiger partial charge < -0.3 is 21.1 Å². The Kier molecular flexibility index (Phi) is 6.29. The number of carboxylic acids is 1. The van der Waals surface area contributed by atoms with Gasteiger partial charge in [-0.1, -0.05) is 31.4 Å². The summed E-state index contributed by atoms with van der Waals surface area (Å²) in [6.45, 7) is 0.637. The number of carbonyl (C=O) groups is 2. The van der Waals surface area contributed by atoms with E-state index in [1.54, 1.807) is 11.8 Å². The summed E-state index contributed by atoms with van der Waals surface area (Å²) in [5.74, 6) is 0.268. The van der Waals surface area contributed by atoms with Crippen molar-refractivity contribution in [3.05, 3.63) is 24.3 Å². The van der Waals surface area contributed by atoms with Gasteiger partial charge in [0.25, 0.3) is 0 Å². The smallest absolute Gasteiger partial charge is 0.308 e. The van der Waals surface area contributed by atoms with E-state index in [2.05, 4.69) is 16.0 Å². The number of rotatable bonds is 8. The number of carbonyl (C=O) groups excluding carboxylic acids is 1. The summed E-state index contributed by atoms with van der Waals surface area (Å²) in [4.78, 5) is 22.7. The van der Waals surface area contributed by atoms with Gasteiger partial charge in [-0.25, -0.2) is 0 Å². The fraction of sp³-hybridized carbons (Fsp3) is 0.579. The standard InChI is InChI=1S/C19H27N3O3S/c23-17(24)13-19(21-15-9-4-5-10-16(15)22-19)26-12-6-11-20-18(25)14-7-2-1-3-8-14/h4-5,9-10,14,21-22H,1-3,6-8,11-13H2,(H,20,25)(H,23,24). The number of hydrogen-bond donors (Lipinski definition) is 4. The van der Waals surface area contributed by atoms with Crippen LogP contribution >= 0.6 is 11.8 Å². The fourth-order valence-corrected chi connectivity index (χ4v) is 4.86. The third-order valence-corrected chi connectivity index (χ3v) is 6.28. The van der Waals surface area contributed by atoms with Crippen molar-refractivity contribution >= 4 is 35.0 Å². The molecular formula is C19H27N3O3S. The van der Waals surface area contributed by atoms with E-state index in [0.717, 1.165) is 49.2 Å². The number of thioether (sulfide) groups is 1. The van der Waals surface area contributed by atoms with Gasteiger partial charge in [-0.15, -0.1) is 11.8 Å². The summed E-state index contributed by atoms with van der Waals surface area (Å²) in [5.41, 5.74) is 1.85. The number of benzene rings is 1. The van der Waals surface area contributed by atoms with Crippen LogP contribution in [0.2, 0.25) is 0 Å². The van der Waals surface area contributed by atoms with Gasteiger partial charge in [0.2, 0.25) is 5.91 Å². The molecule has 0 unspecified atom stereocenters. The van der Waals surface area contributed by atoms with E-state index in [1.165, 1.54) is 6.42 Å². The second kappa shape index (κ2) is 8.66. The normalized spacial score (nSPS) is 18.5. The zero-order valence-corrected chi connectivity index (χ0v) is 15.7. The van der Waals surface area contributed by atoms with Gasteiger partial charge in [-0.05, 0) is 37.1 Å². The summed E-state index contributed by atoms with van der Waals surface area (Å²) < 4.78 is 0. The van der Waals surface area contributed by atoms with Crippen molar-refractivity contribution in [1.82, 2.24) is 5.32 Å². The minimum absolute atomic E-state index is 0.0270. The highest BCUT2D eigenvalue weighted by atomic mass is 32.2. The lowest BCUT2D eigenvalue weighted by molar-refractivity contribution is -0.137. The van der Waals surface area contributed by atoms with Crippen molar-refractivity contribution in [2.24, 2.45) is 5.92 Å². The molecule has 0 bridgehead atoms. The SMILES string of the molecule is O=C(O)CC1(SCCCNC(=O)C2CCCCC2)Nc2ccccc2N1. The first-order valence-electron chi connectivity index (χ1n) is 9.37. The largest absolute Gasteiger partial charge is 0.481 e. The summed E-state index contributed by atoms with van der Waals surface area (Å²) in [6, 6.07) is 7.74. The van der Waals surface area contributed by atoms with Gasteiger partial charge in [0.15, 0.2) is 4.99 Å². The van der Waals surface area contributed by atoms with Gasteiger partial charge in [0, 0.05) is 12.5 Å². The van der Waals surface area contributed by atoms with Gasteiger partial charge in [-0.3, -0.25) is 9.59 Å². The second-order valence-corrected chi connectivity index (χ2v) is 8.41. The lowest BCUT2D eigenvalue weighted by Crippen LogP contribution is -2.41. The molecule has 1 aliphatic carbocycles. The Bertz CT molecular complexity index is 622. The Hall–Kier alpha value is -1.89. The van der Waals surface area contributed by atoms with Crippen LogP contribution in [0.3, 0.4) is 0 Å². The number of carboxylic acid groups (broad SMARTS) is 1. The first-order valence-corrected chi connectivity index (χ1v) is 10.4. The van der Waals surface area contributed by atoms with Crippen molar-refractivity contribution in [3.63, 3.8) is 0 Å². The third kappa shape index (κ3) is 4.84. The molecule has 1 saturated carbocycles. The van der Waals surface area contributed by atoms with E-state index < -0.39 is 11.0 Å². The molecule has 1 fully saturated rings. The molecule has 4 N–H and O–H groups in total. The van der Waals surface area contributed by atoms with Gasteiger partial charge in [-0.2, -0.15) is 0 Å². The molecule has 142 valence electrons. The Morgan fingerprint density at radius 2 is 1.81 bits per heavy atom. The van der Waals surface area contributed by atoms with Crippen molar-refractivity contribution in [2.75, 3.05) is 22.9 Å². The van der Waals surface area contributed by atoms with Crippen LogP contribution in [0.4, 0.5) is 11.4 Å². The molecule has 1 amide bonds. The summed E-state index contributed by atoms with van der Waals surface area (Å²) in [5, 5.41) is 19.0. The lowest BCUT2D eigenvalue weighted by Gasteiger charge is -2.28. The number of para-hydroxylation sites is 2. The predicted molar refractivity (Wildman–Crippen MR) is 105 cm³/mol.